The lowest BCUT2D eigenvalue weighted by molar-refractivity contribution is 0.112. The molecular weight excluding hydrogens is 186 g/mol. The lowest BCUT2D eigenvalue weighted by Crippen LogP contribution is -2.35. The van der Waals surface area contributed by atoms with Gasteiger partial charge in [-0.15, -0.1) is 0 Å². The predicted molar refractivity (Wildman–Crippen MR) is 62.6 cm³/mol. The minimum atomic E-state index is 0.489. The zero-order valence-electron chi connectivity index (χ0n) is 9.53. The van der Waals surface area contributed by atoms with E-state index in [-0.39, 0.29) is 0 Å². The number of aldehydes is 1. The monoisotopic (exact) mass is 203 g/mol. The molecule has 0 N–H and O–H groups in total. The molecule has 2 rings (SSSR count). The fourth-order valence-corrected chi connectivity index (χ4v) is 2.59. The first-order valence-corrected chi connectivity index (χ1v) is 5.50. The molecule has 1 atom stereocenters. The minimum Gasteiger partial charge on any atom is -0.366 e. The van der Waals surface area contributed by atoms with Crippen LogP contribution in [0.15, 0.2) is 18.2 Å². The predicted octanol–water partition coefficient (Wildman–Crippen LogP) is 2.66. The van der Waals surface area contributed by atoms with Gasteiger partial charge in [-0.05, 0) is 38.8 Å². The van der Waals surface area contributed by atoms with Gasteiger partial charge >= 0.3 is 0 Å². The molecule has 80 valence electrons. The van der Waals surface area contributed by atoms with Crippen molar-refractivity contribution < 1.29 is 4.79 Å². The largest absolute Gasteiger partial charge is 0.366 e. The normalized spacial score (nSPS) is 19.5. The van der Waals surface area contributed by atoms with Gasteiger partial charge in [0.1, 0.15) is 6.29 Å². The maximum absolute atomic E-state index is 10.9. The molecular formula is C13H17NO. The summed E-state index contributed by atoms with van der Waals surface area (Å²) in [6.07, 6.45) is 1.96. The number of fused-ring (bicyclic) bond motifs is 1. The molecule has 0 radical (unpaired) electrons. The molecule has 1 heterocycles. The van der Waals surface area contributed by atoms with E-state index in [0.29, 0.717) is 12.1 Å². The van der Waals surface area contributed by atoms with E-state index in [2.05, 4.69) is 31.7 Å². The van der Waals surface area contributed by atoms with Gasteiger partial charge in [0.15, 0.2) is 0 Å². The second-order valence-corrected chi connectivity index (χ2v) is 4.52. The van der Waals surface area contributed by atoms with Gasteiger partial charge in [0.05, 0.1) is 0 Å². The Hall–Kier alpha value is -1.31. The summed E-state index contributed by atoms with van der Waals surface area (Å²) < 4.78 is 0. The molecule has 0 spiro atoms. The Kier molecular flexibility index (Phi) is 2.51. The zero-order chi connectivity index (χ0) is 11.0. The summed E-state index contributed by atoms with van der Waals surface area (Å²) in [6, 6.07) is 6.98. The minimum absolute atomic E-state index is 0.489. The molecule has 0 aliphatic carbocycles. The lowest BCUT2D eigenvalue weighted by atomic mass is 10.0. The van der Waals surface area contributed by atoms with E-state index in [0.717, 1.165) is 18.3 Å². The summed E-state index contributed by atoms with van der Waals surface area (Å²) in [6.45, 7) is 6.60. The molecule has 0 fully saturated rings. The number of hydrogen-bond acceptors (Lipinski definition) is 2. The van der Waals surface area contributed by atoms with Crippen molar-refractivity contribution in [2.75, 3.05) is 4.90 Å². The molecule has 1 aromatic carbocycles. The first-order chi connectivity index (χ1) is 7.15. The van der Waals surface area contributed by atoms with E-state index >= 15 is 0 Å². The summed E-state index contributed by atoms with van der Waals surface area (Å²) in [5, 5.41) is 0. The zero-order valence-corrected chi connectivity index (χ0v) is 9.53. The van der Waals surface area contributed by atoms with E-state index < -0.39 is 0 Å². The van der Waals surface area contributed by atoms with Gasteiger partial charge in [0.2, 0.25) is 0 Å². The maximum atomic E-state index is 10.9. The number of carbonyl (C=O) groups is 1. The summed E-state index contributed by atoms with van der Waals surface area (Å²) in [5.74, 6) is 0. The SMILES string of the molecule is CC(C)N1c2cccc(C=O)c2CC1C. The van der Waals surface area contributed by atoms with Gasteiger partial charge in [-0.2, -0.15) is 0 Å². The molecule has 0 saturated heterocycles. The Morgan fingerprint density at radius 3 is 2.80 bits per heavy atom. The second kappa shape index (κ2) is 3.69. The summed E-state index contributed by atoms with van der Waals surface area (Å²) in [5.41, 5.74) is 3.30. The Bertz CT molecular complexity index is 384. The van der Waals surface area contributed by atoms with Gasteiger partial charge < -0.3 is 4.90 Å². The van der Waals surface area contributed by atoms with Crippen LogP contribution in [0.3, 0.4) is 0 Å². The van der Waals surface area contributed by atoms with Gasteiger partial charge in [0.25, 0.3) is 0 Å². The molecule has 0 amide bonds. The van der Waals surface area contributed by atoms with Crippen LogP contribution in [-0.2, 0) is 6.42 Å². The molecule has 15 heavy (non-hydrogen) atoms. The van der Waals surface area contributed by atoms with Crippen LogP contribution in [0, 0.1) is 0 Å². The maximum Gasteiger partial charge on any atom is 0.150 e. The van der Waals surface area contributed by atoms with Crippen LogP contribution in [0.4, 0.5) is 5.69 Å². The number of carbonyl (C=O) groups excluding carboxylic acids is 1. The van der Waals surface area contributed by atoms with Crippen molar-refractivity contribution in [1.29, 1.82) is 0 Å². The molecule has 0 bridgehead atoms. The number of anilines is 1. The van der Waals surface area contributed by atoms with Crippen molar-refractivity contribution in [1.82, 2.24) is 0 Å². The van der Waals surface area contributed by atoms with Crippen molar-refractivity contribution in [2.24, 2.45) is 0 Å². The highest BCUT2D eigenvalue weighted by Crippen LogP contribution is 2.35. The van der Waals surface area contributed by atoms with Crippen molar-refractivity contribution in [3.8, 4) is 0 Å². The fraction of sp³-hybridized carbons (Fsp3) is 0.462. The highest BCUT2D eigenvalue weighted by atomic mass is 16.1. The van der Waals surface area contributed by atoms with Crippen molar-refractivity contribution >= 4 is 12.0 Å². The third-order valence-electron chi connectivity index (χ3n) is 3.12. The first-order valence-electron chi connectivity index (χ1n) is 5.50. The van der Waals surface area contributed by atoms with Gasteiger partial charge in [-0.3, -0.25) is 4.79 Å². The molecule has 2 nitrogen and oxygen atoms in total. The standard InChI is InChI=1S/C13H17NO/c1-9(2)14-10(3)7-12-11(8-15)5-4-6-13(12)14/h4-6,8-10H,7H2,1-3H3. The third-order valence-corrected chi connectivity index (χ3v) is 3.12. The van der Waals surface area contributed by atoms with E-state index in [1.165, 1.54) is 11.3 Å². The Morgan fingerprint density at radius 1 is 1.47 bits per heavy atom. The van der Waals surface area contributed by atoms with Crippen LogP contribution in [-0.4, -0.2) is 18.4 Å². The van der Waals surface area contributed by atoms with Crippen LogP contribution >= 0.6 is 0 Å². The van der Waals surface area contributed by atoms with Crippen LogP contribution in [0.25, 0.3) is 0 Å². The fourth-order valence-electron chi connectivity index (χ4n) is 2.59. The van der Waals surface area contributed by atoms with E-state index in [1.54, 1.807) is 0 Å². The second-order valence-electron chi connectivity index (χ2n) is 4.52. The number of hydrogen-bond donors (Lipinski definition) is 0. The smallest absolute Gasteiger partial charge is 0.150 e. The Balaban J connectivity index is 2.51. The topological polar surface area (TPSA) is 20.3 Å². The number of benzene rings is 1. The Labute approximate surface area is 90.9 Å². The molecule has 1 aliphatic heterocycles. The molecule has 0 aromatic heterocycles. The number of rotatable bonds is 2. The average Bonchev–Trinajstić information content (AvgIpc) is 2.53. The van der Waals surface area contributed by atoms with Gasteiger partial charge in [0, 0.05) is 23.3 Å². The van der Waals surface area contributed by atoms with Crippen molar-refractivity contribution in [3.63, 3.8) is 0 Å². The lowest BCUT2D eigenvalue weighted by Gasteiger charge is -2.29. The van der Waals surface area contributed by atoms with Crippen molar-refractivity contribution in [3.05, 3.63) is 29.3 Å². The van der Waals surface area contributed by atoms with Crippen LogP contribution in [0.1, 0.15) is 36.7 Å². The quantitative estimate of drug-likeness (QED) is 0.689. The molecule has 1 unspecified atom stereocenters. The van der Waals surface area contributed by atoms with Crippen LogP contribution in [0.5, 0.6) is 0 Å². The van der Waals surface area contributed by atoms with Gasteiger partial charge in [-0.1, -0.05) is 12.1 Å². The summed E-state index contributed by atoms with van der Waals surface area (Å²) in [7, 11) is 0. The molecule has 1 aliphatic rings. The van der Waals surface area contributed by atoms with Crippen LogP contribution < -0.4 is 4.90 Å². The molecule has 0 saturated carbocycles. The molecule has 2 heteroatoms. The number of nitrogens with zero attached hydrogens (tertiary/aromatic N) is 1. The highest BCUT2D eigenvalue weighted by Gasteiger charge is 2.29. The highest BCUT2D eigenvalue weighted by molar-refractivity contribution is 5.82. The van der Waals surface area contributed by atoms with E-state index in [9.17, 15) is 4.79 Å². The third kappa shape index (κ3) is 1.54. The summed E-state index contributed by atoms with van der Waals surface area (Å²) >= 11 is 0. The van der Waals surface area contributed by atoms with E-state index in [4.69, 9.17) is 0 Å². The summed E-state index contributed by atoms with van der Waals surface area (Å²) in [4.78, 5) is 13.3. The first kappa shape index (κ1) is 10.2. The van der Waals surface area contributed by atoms with E-state index in [1.807, 2.05) is 12.1 Å². The Morgan fingerprint density at radius 2 is 2.20 bits per heavy atom. The average molecular weight is 203 g/mol. The van der Waals surface area contributed by atoms with Gasteiger partial charge in [-0.25, -0.2) is 0 Å². The van der Waals surface area contributed by atoms with Crippen LogP contribution in [0.2, 0.25) is 0 Å². The molecule has 1 aromatic rings. The van der Waals surface area contributed by atoms with Crippen molar-refractivity contribution in [2.45, 2.75) is 39.3 Å².